The van der Waals surface area contributed by atoms with Gasteiger partial charge in [-0.2, -0.15) is 0 Å². The lowest BCUT2D eigenvalue weighted by Crippen LogP contribution is -2.00. The number of nitrogens with zero attached hydrogens (tertiary/aromatic N) is 1. The molecule has 0 fully saturated rings. The molecular formula is C47H81NS. The summed E-state index contributed by atoms with van der Waals surface area (Å²) in [4.78, 5) is 4.08. The lowest BCUT2D eigenvalue weighted by Gasteiger charge is -2.15. The van der Waals surface area contributed by atoms with Crippen molar-refractivity contribution in [3.05, 3.63) is 124 Å². The number of thiazole rings is 1. The molecule has 3 aromatic carbocycles. The fourth-order valence-corrected chi connectivity index (χ4v) is 3.70. The van der Waals surface area contributed by atoms with Crippen molar-refractivity contribution < 1.29 is 0 Å². The lowest BCUT2D eigenvalue weighted by atomic mass is 9.91. The molecule has 0 aliphatic rings. The topological polar surface area (TPSA) is 12.9 Å². The van der Waals surface area contributed by atoms with E-state index in [1.807, 2.05) is 133 Å². The first-order valence-corrected chi connectivity index (χ1v) is 20.4. The third-order valence-corrected chi connectivity index (χ3v) is 6.78. The Morgan fingerprint density at radius 1 is 0.429 bits per heavy atom. The Balaban J connectivity index is -0.000000120. The second kappa shape index (κ2) is 49.2. The fourth-order valence-electron chi connectivity index (χ4n) is 3.21. The van der Waals surface area contributed by atoms with Gasteiger partial charge < -0.3 is 0 Å². The summed E-state index contributed by atoms with van der Waals surface area (Å²) in [6, 6.07) is 31.3. The van der Waals surface area contributed by atoms with E-state index in [1.165, 1.54) is 11.1 Å². The van der Waals surface area contributed by atoms with Gasteiger partial charge >= 0.3 is 0 Å². The Morgan fingerprint density at radius 3 is 1.00 bits per heavy atom. The minimum atomic E-state index is 0.677. The molecule has 0 amide bonds. The van der Waals surface area contributed by atoms with E-state index < -0.39 is 0 Å². The molecule has 1 aromatic heterocycles. The maximum atomic E-state index is 4.08. The van der Waals surface area contributed by atoms with Gasteiger partial charge in [-0.05, 0) is 52.9 Å². The Hall–Kier alpha value is -3.15. The molecule has 4 aromatic rings. The number of hydrogen-bond acceptors (Lipinski definition) is 2. The molecule has 2 heteroatoms. The third-order valence-electron chi connectivity index (χ3n) is 6.19. The van der Waals surface area contributed by atoms with Crippen LogP contribution in [0.3, 0.4) is 0 Å². The average molecular weight is 692 g/mol. The van der Waals surface area contributed by atoms with Crippen LogP contribution in [0.4, 0.5) is 0 Å². The summed E-state index contributed by atoms with van der Waals surface area (Å²) in [6.45, 7) is 41.6. The van der Waals surface area contributed by atoms with Crippen LogP contribution in [0, 0.1) is 23.7 Å². The van der Waals surface area contributed by atoms with Crippen molar-refractivity contribution in [2.75, 3.05) is 0 Å². The minimum absolute atomic E-state index is 0.677. The smallest absolute Gasteiger partial charge is 0.124 e. The zero-order valence-electron chi connectivity index (χ0n) is 36.0. The van der Waals surface area contributed by atoms with E-state index in [2.05, 4.69) is 119 Å². The van der Waals surface area contributed by atoms with E-state index >= 15 is 0 Å². The number of rotatable bonds is 4. The molecular weight excluding hydrogens is 611 g/mol. The number of aromatic nitrogens is 1. The molecule has 49 heavy (non-hydrogen) atoms. The Bertz CT molecular complexity index is 1060. The Labute approximate surface area is 313 Å². The van der Waals surface area contributed by atoms with Crippen molar-refractivity contribution in [1.82, 2.24) is 4.98 Å². The molecule has 2 unspecified atom stereocenters. The summed E-state index contributed by atoms with van der Waals surface area (Å²) >= 11 is 1.56. The van der Waals surface area contributed by atoms with E-state index in [4.69, 9.17) is 0 Å². The molecule has 0 bridgehead atoms. The second-order valence-electron chi connectivity index (χ2n) is 9.38. The zero-order chi connectivity index (χ0) is 39.5. The summed E-state index contributed by atoms with van der Waals surface area (Å²) in [5.41, 5.74) is 6.55. The van der Waals surface area contributed by atoms with Crippen molar-refractivity contribution in [3.8, 4) is 11.8 Å². The molecule has 2 atom stereocenters. The molecule has 1 nitrogen and oxygen atoms in total. The monoisotopic (exact) mass is 692 g/mol. The highest BCUT2D eigenvalue weighted by molar-refractivity contribution is 7.07. The van der Waals surface area contributed by atoms with Crippen LogP contribution in [0.15, 0.2) is 102 Å². The van der Waals surface area contributed by atoms with Crippen LogP contribution in [0.1, 0.15) is 173 Å². The van der Waals surface area contributed by atoms with E-state index in [0.717, 1.165) is 23.1 Å². The first-order chi connectivity index (χ1) is 23.9. The highest BCUT2D eigenvalue weighted by atomic mass is 32.1. The van der Waals surface area contributed by atoms with Crippen molar-refractivity contribution in [1.29, 1.82) is 0 Å². The van der Waals surface area contributed by atoms with Gasteiger partial charge in [0.1, 0.15) is 5.69 Å². The van der Waals surface area contributed by atoms with Crippen LogP contribution in [-0.4, -0.2) is 4.98 Å². The number of hydrogen-bond donors (Lipinski definition) is 0. The van der Waals surface area contributed by atoms with Gasteiger partial charge in [0.2, 0.25) is 0 Å². The van der Waals surface area contributed by atoms with Crippen LogP contribution in [0.2, 0.25) is 0 Å². The van der Waals surface area contributed by atoms with Crippen molar-refractivity contribution in [2.45, 2.75) is 150 Å². The first-order valence-electron chi connectivity index (χ1n) is 19.4. The van der Waals surface area contributed by atoms with E-state index in [0.29, 0.717) is 11.8 Å². The number of benzene rings is 3. The minimum Gasteiger partial charge on any atom is -0.236 e. The molecule has 0 spiro atoms. The highest BCUT2D eigenvalue weighted by Crippen LogP contribution is 2.23. The lowest BCUT2D eigenvalue weighted by molar-refractivity contribution is 0.535. The van der Waals surface area contributed by atoms with E-state index in [9.17, 15) is 0 Å². The Kier molecular flexibility index (Phi) is 58.4. The predicted molar refractivity (Wildman–Crippen MR) is 233 cm³/mol. The standard InChI is InChI=1S/C11H7NS.2C11H16.7C2H6/c1-2-4-10(5-3-1)6-7-11-8-13-9-12-11;2*1-9(2)10(3)11-7-5-4-6-8-11;7*1-2/h1-5,8-9H;2*4-10H,1-3H3;7*1-2H3. The maximum Gasteiger partial charge on any atom is 0.124 e. The third kappa shape index (κ3) is 34.5. The van der Waals surface area contributed by atoms with Gasteiger partial charge in [0.25, 0.3) is 0 Å². The predicted octanol–water partition coefficient (Wildman–Crippen LogP) is 16.6. The fraction of sp³-hybridized carbons (Fsp3) is 0.511. The van der Waals surface area contributed by atoms with Crippen molar-refractivity contribution in [2.24, 2.45) is 11.8 Å². The largest absolute Gasteiger partial charge is 0.236 e. The molecule has 4 rings (SSSR count). The SMILES string of the molecule is C(#Cc1cscn1)c1ccccc1.CC.CC.CC.CC.CC.CC.CC.CC(C)C(C)c1ccccc1.CC(C)C(C)c1ccccc1. The van der Waals surface area contributed by atoms with E-state index in [-0.39, 0.29) is 0 Å². The second-order valence-corrected chi connectivity index (χ2v) is 10.1. The highest BCUT2D eigenvalue weighted by Gasteiger charge is 2.08. The molecule has 0 radical (unpaired) electrons. The summed E-state index contributed by atoms with van der Waals surface area (Å²) in [5, 5.41) is 1.94. The molecule has 1 heterocycles. The maximum absolute atomic E-state index is 4.08. The van der Waals surface area contributed by atoms with Gasteiger partial charge in [0.05, 0.1) is 5.51 Å². The van der Waals surface area contributed by atoms with Crippen LogP contribution >= 0.6 is 11.3 Å². The molecule has 280 valence electrons. The zero-order valence-corrected chi connectivity index (χ0v) is 36.8. The van der Waals surface area contributed by atoms with Gasteiger partial charge in [-0.3, -0.25) is 0 Å². The first kappa shape index (κ1) is 58.1. The molecule has 0 N–H and O–H groups in total. The quantitative estimate of drug-likeness (QED) is 0.194. The van der Waals surface area contributed by atoms with Crippen LogP contribution < -0.4 is 0 Å². The van der Waals surface area contributed by atoms with Gasteiger partial charge in [-0.15, -0.1) is 11.3 Å². The molecule has 0 saturated heterocycles. The van der Waals surface area contributed by atoms with Crippen molar-refractivity contribution >= 4 is 11.3 Å². The molecule has 0 aliphatic heterocycles. The average Bonchev–Trinajstić information content (AvgIpc) is 3.74. The molecule has 0 aliphatic carbocycles. The van der Waals surface area contributed by atoms with Gasteiger partial charge in [-0.1, -0.05) is 223 Å². The molecule has 0 saturated carbocycles. The van der Waals surface area contributed by atoms with Crippen molar-refractivity contribution in [3.63, 3.8) is 0 Å². The van der Waals surface area contributed by atoms with Gasteiger partial charge in [0.15, 0.2) is 0 Å². The van der Waals surface area contributed by atoms with Crippen LogP contribution in [-0.2, 0) is 0 Å². The van der Waals surface area contributed by atoms with Gasteiger partial charge in [-0.25, -0.2) is 4.98 Å². The van der Waals surface area contributed by atoms with E-state index in [1.54, 1.807) is 16.8 Å². The summed E-state index contributed by atoms with van der Waals surface area (Å²) in [5.74, 6) is 8.85. The van der Waals surface area contributed by atoms with Crippen LogP contribution in [0.25, 0.3) is 0 Å². The normalized spacial score (nSPS) is 9.27. The summed E-state index contributed by atoms with van der Waals surface area (Å²) < 4.78 is 0. The van der Waals surface area contributed by atoms with Gasteiger partial charge in [0, 0.05) is 10.9 Å². The summed E-state index contributed by atoms with van der Waals surface area (Å²) in [6.07, 6.45) is 0. The Morgan fingerprint density at radius 2 is 0.735 bits per heavy atom. The van der Waals surface area contributed by atoms with Crippen LogP contribution in [0.5, 0.6) is 0 Å². The summed E-state index contributed by atoms with van der Waals surface area (Å²) in [7, 11) is 0.